The first-order valence-corrected chi connectivity index (χ1v) is 4.58. The molecule has 0 heterocycles. The Labute approximate surface area is 85.0 Å². The van der Waals surface area contributed by atoms with Gasteiger partial charge in [-0.05, 0) is 20.8 Å². The van der Waals surface area contributed by atoms with Gasteiger partial charge in [-0.15, -0.1) is 0 Å². The van der Waals surface area contributed by atoms with Crippen LogP contribution < -0.4 is 0 Å². The van der Waals surface area contributed by atoms with Gasteiger partial charge in [0.2, 0.25) is 0 Å². The maximum atomic E-state index is 8.92. The Morgan fingerprint density at radius 3 is 1.93 bits per heavy atom. The molecule has 14 heavy (non-hydrogen) atoms. The van der Waals surface area contributed by atoms with E-state index in [0.29, 0.717) is 13.2 Å². The van der Waals surface area contributed by atoms with E-state index in [9.17, 15) is 0 Å². The van der Waals surface area contributed by atoms with E-state index in [1.807, 2.05) is 6.92 Å². The van der Waals surface area contributed by atoms with Gasteiger partial charge in [-0.25, -0.2) is 0 Å². The molecular weight excluding hydrogens is 188 g/mol. The van der Waals surface area contributed by atoms with E-state index >= 15 is 0 Å². The van der Waals surface area contributed by atoms with Gasteiger partial charge < -0.3 is 25.2 Å². The lowest BCUT2D eigenvalue weighted by molar-refractivity contribution is -0.0620. The molecule has 3 atom stereocenters. The molecule has 0 saturated carbocycles. The van der Waals surface area contributed by atoms with Gasteiger partial charge in [0.15, 0.2) is 0 Å². The number of hydrogen-bond acceptors (Lipinski definition) is 4. The van der Waals surface area contributed by atoms with Crippen LogP contribution in [0.3, 0.4) is 0 Å². The van der Waals surface area contributed by atoms with Crippen molar-refractivity contribution >= 4 is 0 Å². The van der Waals surface area contributed by atoms with Crippen LogP contribution in [0.4, 0.5) is 0 Å². The molecular formula is C9H22O5. The molecule has 0 rings (SSSR count). The van der Waals surface area contributed by atoms with Crippen molar-refractivity contribution < 1.29 is 25.2 Å². The monoisotopic (exact) mass is 210 g/mol. The van der Waals surface area contributed by atoms with Gasteiger partial charge in [-0.2, -0.15) is 0 Å². The summed E-state index contributed by atoms with van der Waals surface area (Å²) >= 11 is 0. The van der Waals surface area contributed by atoms with Crippen LogP contribution in [0.15, 0.2) is 0 Å². The molecule has 3 unspecified atom stereocenters. The van der Waals surface area contributed by atoms with Crippen LogP contribution in [-0.2, 0) is 9.47 Å². The summed E-state index contributed by atoms with van der Waals surface area (Å²) in [6.07, 6.45) is -0.654. The first-order valence-electron chi connectivity index (χ1n) is 4.58. The van der Waals surface area contributed by atoms with Crippen molar-refractivity contribution in [2.24, 2.45) is 0 Å². The van der Waals surface area contributed by atoms with Crippen LogP contribution in [0.5, 0.6) is 0 Å². The summed E-state index contributed by atoms with van der Waals surface area (Å²) in [7, 11) is 0. The fourth-order valence-corrected chi connectivity index (χ4v) is 0.704. The van der Waals surface area contributed by atoms with Gasteiger partial charge in [0.05, 0.1) is 38.1 Å². The topological polar surface area (TPSA) is 90.4 Å². The van der Waals surface area contributed by atoms with E-state index in [4.69, 9.17) is 19.7 Å². The van der Waals surface area contributed by atoms with Crippen molar-refractivity contribution in [3.05, 3.63) is 0 Å². The van der Waals surface area contributed by atoms with E-state index in [1.165, 1.54) is 0 Å². The minimum absolute atomic E-state index is 0. The van der Waals surface area contributed by atoms with E-state index < -0.39 is 6.10 Å². The molecule has 0 aliphatic carbocycles. The molecule has 0 spiro atoms. The summed E-state index contributed by atoms with van der Waals surface area (Å²) in [5.74, 6) is 0. The second-order valence-electron chi connectivity index (χ2n) is 3.32. The molecule has 5 heteroatoms. The molecule has 0 saturated heterocycles. The predicted octanol–water partition coefficient (Wildman–Crippen LogP) is -0.655. The third-order valence-electron chi connectivity index (χ3n) is 1.49. The minimum Gasteiger partial charge on any atom is -0.412 e. The van der Waals surface area contributed by atoms with Gasteiger partial charge in [-0.3, -0.25) is 0 Å². The van der Waals surface area contributed by atoms with E-state index in [-0.39, 0.29) is 24.3 Å². The normalized spacial score (nSPS) is 16.9. The zero-order valence-corrected chi connectivity index (χ0v) is 9.06. The summed E-state index contributed by atoms with van der Waals surface area (Å²) in [5, 5.41) is 17.6. The first kappa shape index (κ1) is 16.2. The highest BCUT2D eigenvalue weighted by molar-refractivity contribution is 4.52. The zero-order chi connectivity index (χ0) is 10.3. The van der Waals surface area contributed by atoms with Crippen molar-refractivity contribution in [2.45, 2.75) is 39.1 Å². The summed E-state index contributed by atoms with van der Waals surface area (Å²) < 4.78 is 10.5. The lowest BCUT2D eigenvalue weighted by Crippen LogP contribution is -2.24. The van der Waals surface area contributed by atoms with Gasteiger partial charge >= 0.3 is 0 Å². The van der Waals surface area contributed by atoms with Crippen molar-refractivity contribution in [3.8, 4) is 0 Å². The first-order chi connectivity index (χ1) is 6.06. The van der Waals surface area contributed by atoms with Gasteiger partial charge in [-0.1, -0.05) is 0 Å². The second kappa shape index (κ2) is 9.36. The molecule has 0 aliphatic heterocycles. The van der Waals surface area contributed by atoms with Crippen molar-refractivity contribution in [3.63, 3.8) is 0 Å². The van der Waals surface area contributed by atoms with Gasteiger partial charge in [0, 0.05) is 0 Å². The molecule has 88 valence electrons. The van der Waals surface area contributed by atoms with Crippen LogP contribution in [0.25, 0.3) is 0 Å². The molecule has 0 radical (unpaired) electrons. The summed E-state index contributed by atoms with van der Waals surface area (Å²) in [6, 6.07) is 0. The van der Waals surface area contributed by atoms with Gasteiger partial charge in [0.25, 0.3) is 0 Å². The Morgan fingerprint density at radius 2 is 1.50 bits per heavy atom. The van der Waals surface area contributed by atoms with Crippen LogP contribution in [0, 0.1) is 0 Å². The quantitative estimate of drug-likeness (QED) is 0.584. The average Bonchev–Trinajstić information content (AvgIpc) is 2.10. The highest BCUT2D eigenvalue weighted by Gasteiger charge is 2.06. The Bertz CT molecular complexity index is 118. The maximum Gasteiger partial charge on any atom is 0.0781 e. The largest absolute Gasteiger partial charge is 0.412 e. The molecule has 5 nitrogen and oxygen atoms in total. The summed E-state index contributed by atoms with van der Waals surface area (Å²) in [5.41, 5.74) is 0. The number of hydrogen-bond donors (Lipinski definition) is 2. The molecule has 0 aromatic heterocycles. The van der Waals surface area contributed by atoms with Crippen molar-refractivity contribution in [1.82, 2.24) is 0 Å². The molecule has 0 aromatic rings. The van der Waals surface area contributed by atoms with Crippen molar-refractivity contribution in [2.75, 3.05) is 19.8 Å². The van der Waals surface area contributed by atoms with Crippen LogP contribution in [-0.4, -0.2) is 53.8 Å². The fraction of sp³-hybridized carbons (Fsp3) is 1.00. The highest BCUT2D eigenvalue weighted by atomic mass is 16.5. The van der Waals surface area contributed by atoms with Crippen LogP contribution >= 0.6 is 0 Å². The van der Waals surface area contributed by atoms with Crippen molar-refractivity contribution in [1.29, 1.82) is 0 Å². The lowest BCUT2D eigenvalue weighted by atomic mass is 10.4. The second-order valence-corrected chi connectivity index (χ2v) is 3.32. The number of aliphatic hydroxyl groups excluding tert-OH is 2. The Morgan fingerprint density at radius 1 is 1.00 bits per heavy atom. The average molecular weight is 210 g/mol. The minimum atomic E-state index is -0.447. The molecule has 0 amide bonds. The molecule has 4 N–H and O–H groups in total. The summed E-state index contributed by atoms with van der Waals surface area (Å²) in [6.45, 7) is 6.10. The summed E-state index contributed by atoms with van der Waals surface area (Å²) in [4.78, 5) is 0. The third-order valence-corrected chi connectivity index (χ3v) is 1.49. The maximum absolute atomic E-state index is 8.92. The smallest absolute Gasteiger partial charge is 0.0781 e. The van der Waals surface area contributed by atoms with E-state index in [0.717, 1.165) is 0 Å². The highest BCUT2D eigenvalue weighted by Crippen LogP contribution is 1.97. The Balaban J connectivity index is 0. The van der Waals surface area contributed by atoms with E-state index in [1.54, 1.807) is 13.8 Å². The Kier molecular flexibility index (Phi) is 10.9. The fourth-order valence-electron chi connectivity index (χ4n) is 0.704. The third kappa shape index (κ3) is 9.88. The number of aliphatic hydroxyl groups is 2. The number of ether oxygens (including phenoxy) is 2. The lowest BCUT2D eigenvalue weighted by Gasteiger charge is -2.16. The van der Waals surface area contributed by atoms with Crippen LogP contribution in [0.2, 0.25) is 0 Å². The molecule has 0 aliphatic rings. The standard InChI is InChI=1S/C9H20O4.H2O/c1-7(11)5-12-9(3)6-13-8(2)4-10;/h7-11H,4-6H2,1-3H3;1H2. The van der Waals surface area contributed by atoms with E-state index in [2.05, 4.69) is 0 Å². The van der Waals surface area contributed by atoms with Gasteiger partial charge in [0.1, 0.15) is 0 Å². The molecule has 0 aromatic carbocycles. The molecule has 0 bridgehead atoms. The zero-order valence-electron chi connectivity index (χ0n) is 9.06. The predicted molar refractivity (Wildman–Crippen MR) is 53.2 cm³/mol. The number of rotatable bonds is 7. The Hall–Kier alpha value is -0.200. The van der Waals surface area contributed by atoms with Crippen LogP contribution in [0.1, 0.15) is 20.8 Å². The molecule has 0 fully saturated rings. The SMILES string of the molecule is CC(O)COC(C)COC(C)CO.O.